The van der Waals surface area contributed by atoms with Gasteiger partial charge in [-0.2, -0.15) is 4.31 Å². The van der Waals surface area contributed by atoms with Crippen LogP contribution in [-0.4, -0.2) is 26.9 Å². The Kier molecular flexibility index (Phi) is 3.26. The molecule has 0 saturated heterocycles. The average Bonchev–Trinajstić information content (AvgIpc) is 2.66. The Morgan fingerprint density at radius 1 is 1.10 bits per heavy atom. The molecule has 0 aliphatic carbocycles. The zero-order valence-electron chi connectivity index (χ0n) is 12.2. The summed E-state index contributed by atoms with van der Waals surface area (Å²) in [5.74, 6) is 0.756. The number of benzene rings is 2. The third kappa shape index (κ3) is 2.13. The molecule has 0 aromatic heterocycles. The summed E-state index contributed by atoms with van der Waals surface area (Å²) in [7, 11) is -0.176. The van der Waals surface area contributed by atoms with Crippen LogP contribution in [0.3, 0.4) is 0 Å². The normalized spacial score (nSPS) is 20.2. The molecule has 1 atom stereocenters. The quantitative estimate of drug-likeness (QED) is 0.857. The van der Waals surface area contributed by atoms with Gasteiger partial charge < -0.3 is 4.74 Å². The lowest BCUT2D eigenvalue weighted by atomic mass is 9.97. The molecule has 2 aromatic rings. The third-order valence-corrected chi connectivity index (χ3v) is 5.81. The van der Waals surface area contributed by atoms with Crippen molar-refractivity contribution in [2.45, 2.75) is 17.9 Å². The van der Waals surface area contributed by atoms with E-state index >= 15 is 0 Å². The SMILES string of the molecule is COc1ccc(C2c3cc(C)ccc3S(=O)(=O)N2C)cc1. The minimum atomic E-state index is -3.41. The molecule has 1 unspecified atom stereocenters. The van der Waals surface area contributed by atoms with Gasteiger partial charge in [-0.3, -0.25) is 0 Å². The Morgan fingerprint density at radius 3 is 2.38 bits per heavy atom. The molecule has 0 saturated carbocycles. The average molecular weight is 303 g/mol. The third-order valence-electron chi connectivity index (χ3n) is 3.91. The number of aryl methyl sites for hydroxylation is 1. The number of sulfonamides is 1. The van der Waals surface area contributed by atoms with E-state index in [-0.39, 0.29) is 6.04 Å². The molecule has 5 heteroatoms. The van der Waals surface area contributed by atoms with Gasteiger partial charge in [0.2, 0.25) is 10.0 Å². The summed E-state index contributed by atoms with van der Waals surface area (Å²) >= 11 is 0. The number of hydrogen-bond acceptors (Lipinski definition) is 3. The molecule has 0 N–H and O–H groups in total. The molecule has 0 fully saturated rings. The fourth-order valence-corrected chi connectivity index (χ4v) is 4.31. The van der Waals surface area contributed by atoms with E-state index in [1.165, 1.54) is 4.31 Å². The van der Waals surface area contributed by atoms with Crippen molar-refractivity contribution in [1.29, 1.82) is 0 Å². The molecule has 1 heterocycles. The van der Waals surface area contributed by atoms with Gasteiger partial charge in [0.05, 0.1) is 18.0 Å². The van der Waals surface area contributed by atoms with Crippen LogP contribution in [-0.2, 0) is 10.0 Å². The standard InChI is InChI=1S/C16H17NO3S/c1-11-4-9-15-14(10-11)16(17(2)21(15,18)19)12-5-7-13(20-3)8-6-12/h4-10,16H,1-3H3. The second-order valence-corrected chi connectivity index (χ2v) is 7.20. The zero-order valence-corrected chi connectivity index (χ0v) is 13.0. The maximum absolute atomic E-state index is 12.5. The number of methoxy groups -OCH3 is 1. The second-order valence-electron chi connectivity index (χ2n) is 5.24. The topological polar surface area (TPSA) is 46.6 Å². The van der Waals surface area contributed by atoms with Gasteiger partial charge in [0.15, 0.2) is 0 Å². The van der Waals surface area contributed by atoms with Crippen molar-refractivity contribution in [3.8, 4) is 5.75 Å². The van der Waals surface area contributed by atoms with Crippen LogP contribution in [0.15, 0.2) is 47.4 Å². The summed E-state index contributed by atoms with van der Waals surface area (Å²) in [5, 5.41) is 0. The minimum absolute atomic E-state index is 0.282. The zero-order chi connectivity index (χ0) is 15.2. The first kappa shape index (κ1) is 14.1. The molecular formula is C16H17NO3S. The predicted molar refractivity (Wildman–Crippen MR) is 81.0 cm³/mol. The van der Waals surface area contributed by atoms with Crippen LogP contribution in [0, 0.1) is 6.92 Å². The highest BCUT2D eigenvalue weighted by Gasteiger charge is 2.40. The first-order valence-electron chi connectivity index (χ1n) is 6.67. The Bertz CT molecular complexity index is 782. The van der Waals surface area contributed by atoms with E-state index in [0.29, 0.717) is 4.90 Å². The first-order valence-corrected chi connectivity index (χ1v) is 8.11. The first-order chi connectivity index (χ1) is 9.95. The van der Waals surface area contributed by atoms with Gasteiger partial charge in [0, 0.05) is 7.05 Å². The molecule has 1 aliphatic heterocycles. The molecule has 4 nitrogen and oxygen atoms in total. The van der Waals surface area contributed by atoms with Gasteiger partial charge in [-0.15, -0.1) is 0 Å². The molecule has 2 aromatic carbocycles. The Balaban J connectivity index is 2.17. The highest BCUT2D eigenvalue weighted by molar-refractivity contribution is 7.89. The predicted octanol–water partition coefficient (Wildman–Crippen LogP) is 2.73. The van der Waals surface area contributed by atoms with Crippen LogP contribution in [0.5, 0.6) is 5.75 Å². The van der Waals surface area contributed by atoms with Crippen LogP contribution in [0.1, 0.15) is 22.7 Å². The monoisotopic (exact) mass is 303 g/mol. The number of rotatable bonds is 2. The highest BCUT2D eigenvalue weighted by Crippen LogP contribution is 2.42. The summed E-state index contributed by atoms with van der Waals surface area (Å²) in [6.45, 7) is 1.97. The van der Waals surface area contributed by atoms with E-state index in [4.69, 9.17) is 4.74 Å². The van der Waals surface area contributed by atoms with E-state index in [9.17, 15) is 8.42 Å². The van der Waals surface area contributed by atoms with Gasteiger partial charge >= 0.3 is 0 Å². The largest absolute Gasteiger partial charge is 0.497 e. The Labute approximate surface area is 125 Å². The van der Waals surface area contributed by atoms with Crippen LogP contribution in [0.4, 0.5) is 0 Å². The van der Waals surface area contributed by atoms with Crippen molar-refractivity contribution in [3.63, 3.8) is 0 Å². The molecule has 0 bridgehead atoms. The molecule has 0 spiro atoms. The molecule has 0 radical (unpaired) electrons. The molecule has 0 amide bonds. The maximum Gasteiger partial charge on any atom is 0.244 e. The van der Waals surface area contributed by atoms with Crippen molar-refractivity contribution >= 4 is 10.0 Å². The van der Waals surface area contributed by atoms with Crippen molar-refractivity contribution in [3.05, 3.63) is 59.2 Å². The van der Waals surface area contributed by atoms with E-state index in [2.05, 4.69) is 0 Å². The van der Waals surface area contributed by atoms with Gasteiger partial charge in [-0.1, -0.05) is 29.8 Å². The van der Waals surface area contributed by atoms with Crippen LogP contribution < -0.4 is 4.74 Å². The van der Waals surface area contributed by atoms with Crippen LogP contribution >= 0.6 is 0 Å². The van der Waals surface area contributed by atoms with Crippen LogP contribution in [0.2, 0.25) is 0 Å². The number of hydrogen-bond donors (Lipinski definition) is 0. The van der Waals surface area contributed by atoms with E-state index in [1.807, 2.05) is 43.3 Å². The molecule has 21 heavy (non-hydrogen) atoms. The van der Waals surface area contributed by atoms with Crippen molar-refractivity contribution in [1.82, 2.24) is 4.31 Å². The summed E-state index contributed by atoms with van der Waals surface area (Å²) in [6.07, 6.45) is 0. The highest BCUT2D eigenvalue weighted by atomic mass is 32.2. The lowest BCUT2D eigenvalue weighted by Gasteiger charge is -2.19. The minimum Gasteiger partial charge on any atom is -0.497 e. The lowest BCUT2D eigenvalue weighted by molar-refractivity contribution is 0.413. The number of ether oxygens (including phenoxy) is 1. The Hall–Kier alpha value is -1.85. The van der Waals surface area contributed by atoms with Gasteiger partial charge in [0.25, 0.3) is 0 Å². The van der Waals surface area contributed by atoms with Gasteiger partial charge in [-0.25, -0.2) is 8.42 Å². The molecular weight excluding hydrogens is 286 g/mol. The Morgan fingerprint density at radius 2 is 1.76 bits per heavy atom. The second kappa shape index (κ2) is 4.86. The smallest absolute Gasteiger partial charge is 0.244 e. The van der Waals surface area contributed by atoms with Gasteiger partial charge in [0.1, 0.15) is 5.75 Å². The maximum atomic E-state index is 12.5. The van der Waals surface area contributed by atoms with E-state index in [0.717, 1.165) is 22.4 Å². The van der Waals surface area contributed by atoms with Crippen molar-refractivity contribution in [2.24, 2.45) is 0 Å². The van der Waals surface area contributed by atoms with Crippen molar-refractivity contribution < 1.29 is 13.2 Å². The fraction of sp³-hybridized carbons (Fsp3) is 0.250. The summed E-state index contributed by atoms with van der Waals surface area (Å²) in [6, 6.07) is 12.7. The van der Waals surface area contributed by atoms with E-state index in [1.54, 1.807) is 20.2 Å². The summed E-state index contributed by atoms with van der Waals surface area (Å²) in [4.78, 5) is 0.399. The van der Waals surface area contributed by atoms with Gasteiger partial charge in [-0.05, 0) is 36.2 Å². The molecule has 110 valence electrons. The van der Waals surface area contributed by atoms with Crippen LogP contribution in [0.25, 0.3) is 0 Å². The number of fused-ring (bicyclic) bond motifs is 1. The fourth-order valence-electron chi connectivity index (χ4n) is 2.78. The summed E-state index contributed by atoms with van der Waals surface area (Å²) in [5.41, 5.74) is 2.83. The summed E-state index contributed by atoms with van der Waals surface area (Å²) < 4.78 is 31.6. The van der Waals surface area contributed by atoms with E-state index < -0.39 is 10.0 Å². The molecule has 1 aliphatic rings. The molecule has 3 rings (SSSR count). The van der Waals surface area contributed by atoms with Crippen molar-refractivity contribution in [2.75, 3.05) is 14.2 Å². The number of nitrogens with zero attached hydrogens (tertiary/aromatic N) is 1. The lowest BCUT2D eigenvalue weighted by Crippen LogP contribution is -2.24.